The molecule has 1 aromatic rings. The van der Waals surface area contributed by atoms with E-state index in [1.165, 1.54) is 6.08 Å². The summed E-state index contributed by atoms with van der Waals surface area (Å²) in [5.74, 6) is -0.121. The highest BCUT2D eigenvalue weighted by Gasteiger charge is 2.14. The van der Waals surface area contributed by atoms with Crippen molar-refractivity contribution in [3.8, 4) is 0 Å². The minimum atomic E-state index is -0.121. The number of morpholine rings is 1. The summed E-state index contributed by atoms with van der Waals surface area (Å²) < 4.78 is 5.36. The number of para-hydroxylation sites is 2. The van der Waals surface area contributed by atoms with E-state index in [4.69, 9.17) is 4.74 Å². The Kier molecular flexibility index (Phi) is 5.38. The molecule has 1 aromatic carbocycles. The van der Waals surface area contributed by atoms with Gasteiger partial charge in [0.15, 0.2) is 0 Å². The molecule has 1 N–H and O–H groups in total. The fourth-order valence-electron chi connectivity index (χ4n) is 2.09. The van der Waals surface area contributed by atoms with E-state index in [9.17, 15) is 4.79 Å². The largest absolute Gasteiger partial charge is 0.378 e. The van der Waals surface area contributed by atoms with Crippen LogP contribution in [0.2, 0.25) is 0 Å². The molecule has 20 heavy (non-hydrogen) atoms. The summed E-state index contributed by atoms with van der Waals surface area (Å²) in [6.45, 7) is 5.06. The Labute approximate surface area is 119 Å². The molecule has 106 valence electrons. The molecule has 0 spiro atoms. The number of allylic oxidation sites excluding steroid dienone is 3. The van der Waals surface area contributed by atoms with Crippen LogP contribution in [0, 0.1) is 0 Å². The lowest BCUT2D eigenvalue weighted by Crippen LogP contribution is -2.36. The van der Waals surface area contributed by atoms with E-state index in [0.717, 1.165) is 37.7 Å². The van der Waals surface area contributed by atoms with Crippen LogP contribution in [0.15, 0.2) is 48.6 Å². The van der Waals surface area contributed by atoms with Crippen LogP contribution in [0.3, 0.4) is 0 Å². The molecule has 0 bridgehead atoms. The van der Waals surface area contributed by atoms with Crippen LogP contribution in [0.5, 0.6) is 0 Å². The molecule has 4 heteroatoms. The van der Waals surface area contributed by atoms with Gasteiger partial charge in [-0.05, 0) is 19.1 Å². The number of nitrogens with zero attached hydrogens (tertiary/aromatic N) is 1. The monoisotopic (exact) mass is 272 g/mol. The lowest BCUT2D eigenvalue weighted by atomic mass is 10.2. The molecule has 0 aliphatic carbocycles. The Morgan fingerprint density at radius 2 is 2.00 bits per heavy atom. The minimum Gasteiger partial charge on any atom is -0.378 e. The third kappa shape index (κ3) is 3.96. The maximum absolute atomic E-state index is 11.8. The number of rotatable bonds is 4. The Hall–Kier alpha value is -2.07. The maximum Gasteiger partial charge on any atom is 0.248 e. The fourth-order valence-corrected chi connectivity index (χ4v) is 2.09. The second kappa shape index (κ2) is 7.50. The predicted octanol–water partition coefficient (Wildman–Crippen LogP) is 2.59. The molecule has 1 fully saturated rings. The van der Waals surface area contributed by atoms with E-state index in [-0.39, 0.29) is 5.91 Å². The van der Waals surface area contributed by atoms with E-state index in [0.29, 0.717) is 0 Å². The molecule has 1 aliphatic rings. The Morgan fingerprint density at radius 1 is 1.25 bits per heavy atom. The van der Waals surface area contributed by atoms with Gasteiger partial charge in [0.05, 0.1) is 24.6 Å². The maximum atomic E-state index is 11.8. The smallest absolute Gasteiger partial charge is 0.248 e. The highest BCUT2D eigenvalue weighted by Crippen LogP contribution is 2.26. The first-order chi connectivity index (χ1) is 9.81. The fraction of sp³-hybridized carbons (Fsp3) is 0.312. The summed E-state index contributed by atoms with van der Waals surface area (Å²) in [6, 6.07) is 7.86. The van der Waals surface area contributed by atoms with Crippen molar-refractivity contribution in [1.29, 1.82) is 0 Å². The SMILES string of the molecule is C/C=C/C=C/C(=O)Nc1ccccc1N1CCOCC1. The normalized spacial score (nSPS) is 15.9. The summed E-state index contributed by atoms with van der Waals surface area (Å²) in [5, 5.41) is 2.92. The number of ether oxygens (including phenoxy) is 1. The van der Waals surface area contributed by atoms with Crippen molar-refractivity contribution in [2.24, 2.45) is 0 Å². The molecular formula is C16H20N2O2. The zero-order chi connectivity index (χ0) is 14.2. The molecular weight excluding hydrogens is 252 g/mol. The topological polar surface area (TPSA) is 41.6 Å². The molecule has 1 amide bonds. The van der Waals surface area contributed by atoms with Crippen molar-refractivity contribution in [2.45, 2.75) is 6.92 Å². The van der Waals surface area contributed by atoms with Gasteiger partial charge in [-0.15, -0.1) is 0 Å². The number of amides is 1. The van der Waals surface area contributed by atoms with Crippen LogP contribution in [-0.2, 0) is 9.53 Å². The second-order valence-electron chi connectivity index (χ2n) is 4.49. The number of hydrogen-bond acceptors (Lipinski definition) is 3. The summed E-state index contributed by atoms with van der Waals surface area (Å²) in [7, 11) is 0. The zero-order valence-corrected chi connectivity index (χ0v) is 11.7. The third-order valence-corrected chi connectivity index (χ3v) is 3.06. The molecule has 0 aromatic heterocycles. The van der Waals surface area contributed by atoms with Gasteiger partial charge < -0.3 is 15.0 Å². The summed E-state index contributed by atoms with van der Waals surface area (Å²) >= 11 is 0. The molecule has 0 unspecified atom stereocenters. The second-order valence-corrected chi connectivity index (χ2v) is 4.49. The molecule has 0 saturated carbocycles. The van der Waals surface area contributed by atoms with Crippen molar-refractivity contribution in [1.82, 2.24) is 0 Å². The average molecular weight is 272 g/mol. The minimum absolute atomic E-state index is 0.121. The van der Waals surface area contributed by atoms with Gasteiger partial charge in [-0.25, -0.2) is 0 Å². The van der Waals surface area contributed by atoms with Gasteiger partial charge in [0, 0.05) is 19.2 Å². The van der Waals surface area contributed by atoms with Crippen LogP contribution in [0.4, 0.5) is 11.4 Å². The Bertz CT molecular complexity index is 503. The number of anilines is 2. The quantitative estimate of drug-likeness (QED) is 0.676. The van der Waals surface area contributed by atoms with Crippen LogP contribution in [0.25, 0.3) is 0 Å². The summed E-state index contributed by atoms with van der Waals surface area (Å²) in [5.41, 5.74) is 1.88. The van der Waals surface area contributed by atoms with Gasteiger partial charge in [-0.2, -0.15) is 0 Å². The standard InChI is InChI=1S/C16H20N2O2/c1-2-3-4-9-16(19)17-14-7-5-6-8-15(14)18-10-12-20-13-11-18/h2-9H,10-13H2,1H3,(H,17,19)/b3-2+,9-4+. The number of carbonyl (C=O) groups is 1. The molecule has 0 radical (unpaired) electrons. The molecule has 4 nitrogen and oxygen atoms in total. The van der Waals surface area contributed by atoms with Gasteiger partial charge >= 0.3 is 0 Å². The van der Waals surface area contributed by atoms with E-state index in [1.807, 2.05) is 43.3 Å². The molecule has 1 aliphatic heterocycles. The number of carbonyl (C=O) groups excluding carboxylic acids is 1. The Balaban J connectivity index is 2.09. The summed E-state index contributed by atoms with van der Waals surface area (Å²) in [4.78, 5) is 14.1. The van der Waals surface area contributed by atoms with Crippen LogP contribution >= 0.6 is 0 Å². The number of benzene rings is 1. The lowest BCUT2D eigenvalue weighted by Gasteiger charge is -2.30. The van der Waals surface area contributed by atoms with Gasteiger partial charge in [0.25, 0.3) is 0 Å². The van der Waals surface area contributed by atoms with Crippen LogP contribution in [-0.4, -0.2) is 32.2 Å². The molecule has 2 rings (SSSR count). The number of nitrogens with one attached hydrogen (secondary N) is 1. The Morgan fingerprint density at radius 3 is 2.75 bits per heavy atom. The molecule has 0 atom stereocenters. The van der Waals surface area contributed by atoms with Gasteiger partial charge in [0.2, 0.25) is 5.91 Å². The van der Waals surface area contributed by atoms with Crippen molar-refractivity contribution in [3.05, 3.63) is 48.6 Å². The van der Waals surface area contributed by atoms with Gasteiger partial charge in [0.1, 0.15) is 0 Å². The van der Waals surface area contributed by atoms with Crippen molar-refractivity contribution >= 4 is 17.3 Å². The molecule has 1 heterocycles. The van der Waals surface area contributed by atoms with Crippen molar-refractivity contribution in [3.63, 3.8) is 0 Å². The first kappa shape index (κ1) is 14.3. The highest BCUT2D eigenvalue weighted by molar-refractivity contribution is 6.01. The van der Waals surface area contributed by atoms with Gasteiger partial charge in [-0.3, -0.25) is 4.79 Å². The highest BCUT2D eigenvalue weighted by atomic mass is 16.5. The van der Waals surface area contributed by atoms with Crippen molar-refractivity contribution in [2.75, 3.05) is 36.5 Å². The molecule has 1 saturated heterocycles. The van der Waals surface area contributed by atoms with E-state index < -0.39 is 0 Å². The van der Waals surface area contributed by atoms with E-state index in [2.05, 4.69) is 10.2 Å². The predicted molar refractivity (Wildman–Crippen MR) is 82.1 cm³/mol. The lowest BCUT2D eigenvalue weighted by molar-refractivity contribution is -0.111. The van der Waals surface area contributed by atoms with Crippen molar-refractivity contribution < 1.29 is 9.53 Å². The van der Waals surface area contributed by atoms with E-state index in [1.54, 1.807) is 6.08 Å². The van der Waals surface area contributed by atoms with Crippen LogP contribution in [0.1, 0.15) is 6.92 Å². The first-order valence-corrected chi connectivity index (χ1v) is 6.83. The third-order valence-electron chi connectivity index (χ3n) is 3.06. The van der Waals surface area contributed by atoms with E-state index >= 15 is 0 Å². The average Bonchev–Trinajstić information content (AvgIpc) is 2.49. The summed E-state index contributed by atoms with van der Waals surface area (Å²) in [6.07, 6.45) is 6.96. The zero-order valence-electron chi connectivity index (χ0n) is 11.7. The van der Waals surface area contributed by atoms with Crippen LogP contribution < -0.4 is 10.2 Å². The van der Waals surface area contributed by atoms with Gasteiger partial charge in [-0.1, -0.05) is 30.4 Å². The first-order valence-electron chi connectivity index (χ1n) is 6.83. The number of hydrogen-bond donors (Lipinski definition) is 1.